The number of carbonyl (C=O) groups is 1. The summed E-state index contributed by atoms with van der Waals surface area (Å²) in [6.45, 7) is 6.80. The largest absolute Gasteiger partial charge is 0.493 e. The summed E-state index contributed by atoms with van der Waals surface area (Å²) in [6, 6.07) is 9.71. The van der Waals surface area contributed by atoms with E-state index in [1.54, 1.807) is 0 Å². The van der Waals surface area contributed by atoms with Crippen LogP contribution in [0.4, 0.5) is 0 Å². The van der Waals surface area contributed by atoms with Crippen LogP contribution in [0.5, 0.6) is 5.75 Å². The van der Waals surface area contributed by atoms with Crippen LogP contribution in [0.3, 0.4) is 0 Å². The van der Waals surface area contributed by atoms with Crippen LogP contribution in [-0.2, 0) is 4.79 Å². The lowest BCUT2D eigenvalue weighted by atomic mass is 9.87. The lowest BCUT2D eigenvalue weighted by Gasteiger charge is -2.22. The van der Waals surface area contributed by atoms with Crippen LogP contribution in [0, 0.1) is 11.8 Å². The molecule has 0 fully saturated rings. The Morgan fingerprint density at radius 3 is 2.44 bits per heavy atom. The first-order valence-electron chi connectivity index (χ1n) is 6.89. The maximum absolute atomic E-state index is 12.1. The second-order valence-electron chi connectivity index (χ2n) is 4.83. The van der Waals surface area contributed by atoms with Crippen molar-refractivity contribution in [2.24, 2.45) is 11.8 Å². The fourth-order valence-electron chi connectivity index (χ4n) is 1.99. The average molecular weight is 248 g/mol. The molecular formula is C16H24O2. The fourth-order valence-corrected chi connectivity index (χ4v) is 1.99. The molecule has 0 aliphatic rings. The molecule has 2 unspecified atom stereocenters. The van der Waals surface area contributed by atoms with E-state index in [-0.39, 0.29) is 5.92 Å². The number of para-hydroxylation sites is 1. The first kappa shape index (κ1) is 14.7. The zero-order chi connectivity index (χ0) is 13.4. The minimum Gasteiger partial charge on any atom is -0.493 e. The molecule has 100 valence electrons. The summed E-state index contributed by atoms with van der Waals surface area (Å²) in [5.41, 5.74) is 0. The van der Waals surface area contributed by atoms with E-state index in [4.69, 9.17) is 4.74 Å². The monoisotopic (exact) mass is 248 g/mol. The molecule has 0 saturated heterocycles. The van der Waals surface area contributed by atoms with Crippen LogP contribution in [-0.4, -0.2) is 12.4 Å². The molecule has 18 heavy (non-hydrogen) atoms. The molecule has 1 aromatic carbocycles. The number of hydrogen-bond acceptors (Lipinski definition) is 2. The molecule has 2 atom stereocenters. The molecule has 1 rings (SSSR count). The number of ketones is 1. The molecule has 2 heteroatoms. The molecule has 0 amide bonds. The summed E-state index contributed by atoms with van der Waals surface area (Å²) in [5, 5.41) is 0. The summed E-state index contributed by atoms with van der Waals surface area (Å²) in [6.07, 6.45) is 2.59. The lowest BCUT2D eigenvalue weighted by Crippen LogP contribution is -2.27. The van der Waals surface area contributed by atoms with Crippen molar-refractivity contribution in [1.82, 2.24) is 0 Å². The molecule has 0 bridgehead atoms. The van der Waals surface area contributed by atoms with E-state index in [1.165, 1.54) is 0 Å². The second kappa shape index (κ2) is 7.91. The molecule has 0 spiro atoms. The van der Waals surface area contributed by atoms with Crippen LogP contribution < -0.4 is 4.74 Å². The van der Waals surface area contributed by atoms with Gasteiger partial charge in [0.25, 0.3) is 0 Å². The Morgan fingerprint density at radius 2 is 1.89 bits per heavy atom. The molecule has 0 saturated carbocycles. The van der Waals surface area contributed by atoms with Crippen LogP contribution in [0.2, 0.25) is 0 Å². The van der Waals surface area contributed by atoms with Crippen LogP contribution in [0.1, 0.15) is 40.0 Å². The fraction of sp³-hybridized carbons (Fsp3) is 0.562. The Balaban J connectivity index is 2.59. The van der Waals surface area contributed by atoms with E-state index >= 15 is 0 Å². The summed E-state index contributed by atoms with van der Waals surface area (Å²) in [7, 11) is 0. The Labute approximate surface area is 110 Å². The molecular weight excluding hydrogens is 224 g/mol. The maximum Gasteiger partial charge on any atom is 0.139 e. The highest BCUT2D eigenvalue weighted by Crippen LogP contribution is 2.20. The molecule has 0 radical (unpaired) electrons. The van der Waals surface area contributed by atoms with E-state index < -0.39 is 0 Å². The van der Waals surface area contributed by atoms with Crippen LogP contribution >= 0.6 is 0 Å². The van der Waals surface area contributed by atoms with E-state index in [2.05, 4.69) is 13.8 Å². The average Bonchev–Trinajstić information content (AvgIpc) is 2.40. The molecule has 1 aromatic rings. The predicted octanol–water partition coefficient (Wildman–Crippen LogP) is 4.10. The van der Waals surface area contributed by atoms with Gasteiger partial charge < -0.3 is 4.74 Å². The Kier molecular flexibility index (Phi) is 6.48. The van der Waals surface area contributed by atoms with Gasteiger partial charge in [0.1, 0.15) is 11.5 Å². The Bertz CT molecular complexity index is 345. The van der Waals surface area contributed by atoms with Crippen molar-refractivity contribution in [2.45, 2.75) is 40.0 Å². The summed E-state index contributed by atoms with van der Waals surface area (Å²) < 4.78 is 5.74. The first-order valence-corrected chi connectivity index (χ1v) is 6.89. The summed E-state index contributed by atoms with van der Waals surface area (Å²) >= 11 is 0. The zero-order valence-electron chi connectivity index (χ0n) is 11.7. The standard InChI is InChI=1S/C16H24O2/c1-4-9-16(17)15(13(3)5-2)12-18-14-10-7-6-8-11-14/h6-8,10-11,13,15H,4-5,9,12H2,1-3H3. The van der Waals surface area contributed by atoms with E-state index in [9.17, 15) is 4.79 Å². The topological polar surface area (TPSA) is 26.3 Å². The van der Waals surface area contributed by atoms with Crippen molar-refractivity contribution in [2.75, 3.05) is 6.61 Å². The number of hydrogen-bond donors (Lipinski definition) is 0. The third kappa shape index (κ3) is 4.52. The lowest BCUT2D eigenvalue weighted by molar-refractivity contribution is -0.125. The van der Waals surface area contributed by atoms with Gasteiger partial charge >= 0.3 is 0 Å². The molecule has 0 aliphatic carbocycles. The van der Waals surface area contributed by atoms with E-state index in [1.807, 2.05) is 37.3 Å². The Morgan fingerprint density at radius 1 is 1.22 bits per heavy atom. The third-order valence-electron chi connectivity index (χ3n) is 3.41. The van der Waals surface area contributed by atoms with Crippen LogP contribution in [0.15, 0.2) is 30.3 Å². The predicted molar refractivity (Wildman–Crippen MR) is 74.8 cm³/mol. The molecule has 2 nitrogen and oxygen atoms in total. The summed E-state index contributed by atoms with van der Waals surface area (Å²) in [5.74, 6) is 1.58. The van der Waals surface area contributed by atoms with Gasteiger partial charge in [-0.2, -0.15) is 0 Å². The maximum atomic E-state index is 12.1. The molecule has 0 aromatic heterocycles. The normalized spacial score (nSPS) is 13.9. The van der Waals surface area contributed by atoms with Gasteiger partial charge in [0.15, 0.2) is 0 Å². The number of ether oxygens (including phenoxy) is 1. The minimum atomic E-state index is 0.0233. The van der Waals surface area contributed by atoms with Gasteiger partial charge in [-0.15, -0.1) is 0 Å². The van der Waals surface area contributed by atoms with Crippen molar-refractivity contribution >= 4 is 5.78 Å². The summed E-state index contributed by atoms with van der Waals surface area (Å²) in [4.78, 5) is 12.1. The number of carbonyl (C=O) groups excluding carboxylic acids is 1. The zero-order valence-corrected chi connectivity index (χ0v) is 11.7. The number of benzene rings is 1. The Hall–Kier alpha value is -1.31. The second-order valence-corrected chi connectivity index (χ2v) is 4.83. The SMILES string of the molecule is CCCC(=O)C(COc1ccccc1)C(C)CC. The van der Waals surface area contributed by atoms with Crippen molar-refractivity contribution < 1.29 is 9.53 Å². The quantitative estimate of drug-likeness (QED) is 0.692. The van der Waals surface area contributed by atoms with E-state index in [0.717, 1.165) is 18.6 Å². The molecule has 0 heterocycles. The van der Waals surface area contributed by atoms with Gasteiger partial charge in [-0.3, -0.25) is 4.79 Å². The van der Waals surface area contributed by atoms with Gasteiger partial charge in [0.2, 0.25) is 0 Å². The first-order chi connectivity index (χ1) is 8.69. The molecule has 0 aliphatic heterocycles. The highest BCUT2D eigenvalue weighted by molar-refractivity contribution is 5.81. The van der Waals surface area contributed by atoms with Gasteiger partial charge in [-0.25, -0.2) is 0 Å². The van der Waals surface area contributed by atoms with Gasteiger partial charge in [0, 0.05) is 6.42 Å². The van der Waals surface area contributed by atoms with Crippen molar-refractivity contribution in [3.63, 3.8) is 0 Å². The van der Waals surface area contributed by atoms with Crippen molar-refractivity contribution in [3.8, 4) is 5.75 Å². The van der Waals surface area contributed by atoms with Crippen molar-refractivity contribution in [3.05, 3.63) is 30.3 Å². The van der Waals surface area contributed by atoms with Crippen LogP contribution in [0.25, 0.3) is 0 Å². The molecule has 0 N–H and O–H groups in total. The minimum absolute atomic E-state index is 0.0233. The smallest absolute Gasteiger partial charge is 0.139 e. The highest BCUT2D eigenvalue weighted by Gasteiger charge is 2.23. The number of rotatable bonds is 8. The van der Waals surface area contributed by atoms with E-state index in [0.29, 0.717) is 24.7 Å². The van der Waals surface area contributed by atoms with Crippen molar-refractivity contribution in [1.29, 1.82) is 0 Å². The van der Waals surface area contributed by atoms with Gasteiger partial charge in [-0.05, 0) is 24.5 Å². The third-order valence-corrected chi connectivity index (χ3v) is 3.41. The van der Waals surface area contributed by atoms with Gasteiger partial charge in [0.05, 0.1) is 12.5 Å². The number of Topliss-reactive ketones (excluding diaryl/α,β-unsaturated/α-hetero) is 1. The van der Waals surface area contributed by atoms with Gasteiger partial charge in [-0.1, -0.05) is 45.4 Å². The highest BCUT2D eigenvalue weighted by atomic mass is 16.5.